The van der Waals surface area contributed by atoms with Crippen LogP contribution < -0.4 is 5.32 Å². The molecular formula is C13H18Br2N2O. The Morgan fingerprint density at radius 1 is 1.39 bits per heavy atom. The Morgan fingerprint density at radius 3 is 2.61 bits per heavy atom. The fourth-order valence-electron chi connectivity index (χ4n) is 1.49. The van der Waals surface area contributed by atoms with Crippen molar-refractivity contribution in [1.29, 1.82) is 0 Å². The number of likely N-dealkylation sites (N-methyl/N-ethyl adjacent to an activating group) is 1. The maximum Gasteiger partial charge on any atom is 0.239 e. The van der Waals surface area contributed by atoms with E-state index in [1.54, 1.807) is 4.90 Å². The highest BCUT2D eigenvalue weighted by atomic mass is 79.9. The fourth-order valence-corrected chi connectivity index (χ4v) is 2.17. The number of hydrogen-bond donors (Lipinski definition) is 1. The van der Waals surface area contributed by atoms with E-state index >= 15 is 0 Å². The molecule has 0 aliphatic rings. The van der Waals surface area contributed by atoms with Crippen molar-refractivity contribution in [3.63, 3.8) is 0 Å². The van der Waals surface area contributed by atoms with E-state index < -0.39 is 0 Å². The minimum Gasteiger partial charge on any atom is -0.345 e. The van der Waals surface area contributed by atoms with Gasteiger partial charge in [-0.25, -0.2) is 0 Å². The summed E-state index contributed by atoms with van der Waals surface area (Å²) in [6, 6.07) is 5.89. The Morgan fingerprint density at radius 2 is 2.06 bits per heavy atom. The molecule has 1 aromatic carbocycles. The first-order valence-corrected chi connectivity index (χ1v) is 7.46. The zero-order valence-electron chi connectivity index (χ0n) is 10.8. The van der Waals surface area contributed by atoms with Crippen molar-refractivity contribution in [3.8, 4) is 0 Å². The fraction of sp³-hybridized carbons (Fsp3) is 0.462. The van der Waals surface area contributed by atoms with E-state index in [2.05, 4.69) is 37.2 Å². The molecule has 0 radical (unpaired) electrons. The van der Waals surface area contributed by atoms with Gasteiger partial charge >= 0.3 is 0 Å². The largest absolute Gasteiger partial charge is 0.345 e. The van der Waals surface area contributed by atoms with Crippen LogP contribution in [0.15, 0.2) is 27.1 Å². The van der Waals surface area contributed by atoms with Crippen LogP contribution in [-0.4, -0.2) is 30.4 Å². The molecule has 1 unspecified atom stereocenters. The molecular weight excluding hydrogens is 360 g/mol. The number of benzene rings is 1. The van der Waals surface area contributed by atoms with Crippen molar-refractivity contribution in [3.05, 3.63) is 32.7 Å². The molecule has 18 heavy (non-hydrogen) atoms. The van der Waals surface area contributed by atoms with Crippen LogP contribution in [0.4, 0.5) is 0 Å². The zero-order valence-corrected chi connectivity index (χ0v) is 14.0. The Hall–Kier alpha value is -0.390. The third-order valence-electron chi connectivity index (χ3n) is 2.82. The van der Waals surface area contributed by atoms with Crippen LogP contribution in [0.2, 0.25) is 0 Å². The van der Waals surface area contributed by atoms with Gasteiger partial charge in [0.15, 0.2) is 0 Å². The van der Waals surface area contributed by atoms with Gasteiger partial charge in [0.2, 0.25) is 5.91 Å². The first-order valence-electron chi connectivity index (χ1n) is 5.88. The average molecular weight is 378 g/mol. The smallest absolute Gasteiger partial charge is 0.239 e. The summed E-state index contributed by atoms with van der Waals surface area (Å²) < 4.78 is 2.05. The zero-order chi connectivity index (χ0) is 13.7. The molecule has 0 aliphatic carbocycles. The molecule has 0 aliphatic heterocycles. The molecule has 1 N–H and O–H groups in total. The van der Waals surface area contributed by atoms with Gasteiger partial charge in [-0.2, -0.15) is 0 Å². The minimum atomic E-state index is -0.169. The van der Waals surface area contributed by atoms with Crippen LogP contribution in [-0.2, 0) is 11.3 Å². The first-order chi connectivity index (χ1) is 8.45. The molecule has 0 bridgehead atoms. The lowest BCUT2D eigenvalue weighted by Gasteiger charge is -2.20. The highest BCUT2D eigenvalue weighted by molar-refractivity contribution is 9.13. The summed E-state index contributed by atoms with van der Waals surface area (Å²) in [7, 11) is 1.82. The summed E-state index contributed by atoms with van der Waals surface area (Å²) in [5, 5.41) is 3.23. The molecule has 1 amide bonds. The first kappa shape index (κ1) is 15.7. The van der Waals surface area contributed by atoms with E-state index in [-0.39, 0.29) is 11.9 Å². The second kappa shape index (κ2) is 7.26. The number of carbonyl (C=O) groups is 1. The van der Waals surface area contributed by atoms with E-state index in [1.807, 2.05) is 39.1 Å². The maximum absolute atomic E-state index is 11.9. The Kier molecular flexibility index (Phi) is 6.32. The monoisotopic (exact) mass is 376 g/mol. The van der Waals surface area contributed by atoms with Gasteiger partial charge in [0.1, 0.15) is 0 Å². The maximum atomic E-state index is 11.9. The van der Waals surface area contributed by atoms with E-state index in [4.69, 9.17) is 0 Å². The number of halogens is 2. The molecule has 0 saturated carbocycles. The molecule has 1 atom stereocenters. The van der Waals surface area contributed by atoms with E-state index in [0.717, 1.165) is 21.1 Å². The predicted octanol–water partition coefficient (Wildman–Crippen LogP) is 3.17. The summed E-state index contributed by atoms with van der Waals surface area (Å²) in [5.41, 5.74) is 1.14. The second-order valence-corrected chi connectivity index (χ2v) is 5.91. The number of rotatable bonds is 5. The molecule has 100 valence electrons. The normalized spacial score (nSPS) is 12.3. The number of carbonyl (C=O) groups excluding carboxylic acids is 1. The van der Waals surface area contributed by atoms with Crippen molar-refractivity contribution < 1.29 is 4.79 Å². The van der Waals surface area contributed by atoms with Crippen molar-refractivity contribution in [2.45, 2.75) is 26.4 Å². The third-order valence-corrected chi connectivity index (χ3v) is 4.70. The van der Waals surface area contributed by atoms with Gasteiger partial charge in [-0.3, -0.25) is 4.79 Å². The van der Waals surface area contributed by atoms with Crippen molar-refractivity contribution in [2.24, 2.45) is 0 Å². The highest BCUT2D eigenvalue weighted by Crippen LogP contribution is 2.23. The van der Waals surface area contributed by atoms with Gasteiger partial charge in [0.25, 0.3) is 0 Å². The number of hydrogen-bond acceptors (Lipinski definition) is 2. The average Bonchev–Trinajstić information content (AvgIpc) is 2.37. The number of nitrogens with one attached hydrogen (secondary N) is 1. The molecule has 0 spiro atoms. The predicted molar refractivity (Wildman–Crippen MR) is 81.5 cm³/mol. The van der Waals surface area contributed by atoms with Gasteiger partial charge < -0.3 is 10.2 Å². The van der Waals surface area contributed by atoms with E-state index in [9.17, 15) is 4.79 Å². The lowest BCUT2D eigenvalue weighted by atomic mass is 10.2. The topological polar surface area (TPSA) is 32.3 Å². The van der Waals surface area contributed by atoms with Gasteiger partial charge in [0, 0.05) is 29.1 Å². The number of nitrogens with zero attached hydrogens (tertiary/aromatic N) is 1. The summed E-state index contributed by atoms with van der Waals surface area (Å²) >= 11 is 6.90. The molecule has 0 saturated heterocycles. The molecule has 3 nitrogen and oxygen atoms in total. The van der Waals surface area contributed by atoms with Gasteiger partial charge in [-0.05, 0) is 63.4 Å². The van der Waals surface area contributed by atoms with Gasteiger partial charge in [-0.1, -0.05) is 6.07 Å². The molecule has 0 fully saturated rings. The lowest BCUT2D eigenvalue weighted by Crippen LogP contribution is -2.42. The Bertz CT molecular complexity index is 423. The quantitative estimate of drug-likeness (QED) is 0.854. The molecule has 1 rings (SSSR count). The molecule has 1 aromatic rings. The minimum absolute atomic E-state index is 0.119. The standard InChI is InChI=1S/C13H18Br2N2O/c1-4-17(3)13(18)9(2)16-8-10-5-6-11(14)12(15)7-10/h5-7,9,16H,4,8H2,1-3H3. The lowest BCUT2D eigenvalue weighted by molar-refractivity contribution is -0.131. The molecule has 0 heterocycles. The van der Waals surface area contributed by atoms with Crippen LogP contribution in [0.1, 0.15) is 19.4 Å². The van der Waals surface area contributed by atoms with E-state index in [1.165, 1.54) is 0 Å². The molecule has 5 heteroatoms. The van der Waals surface area contributed by atoms with E-state index in [0.29, 0.717) is 6.54 Å². The second-order valence-electron chi connectivity index (χ2n) is 4.20. The van der Waals surface area contributed by atoms with Crippen LogP contribution in [0.3, 0.4) is 0 Å². The van der Waals surface area contributed by atoms with Crippen LogP contribution in [0, 0.1) is 0 Å². The van der Waals surface area contributed by atoms with Crippen molar-refractivity contribution >= 4 is 37.8 Å². The Labute approximate surface area is 125 Å². The summed E-state index contributed by atoms with van der Waals surface area (Å²) in [5.74, 6) is 0.119. The third kappa shape index (κ3) is 4.37. The highest BCUT2D eigenvalue weighted by Gasteiger charge is 2.15. The summed E-state index contributed by atoms with van der Waals surface area (Å²) in [6.45, 7) is 5.27. The summed E-state index contributed by atoms with van der Waals surface area (Å²) in [6.07, 6.45) is 0. The van der Waals surface area contributed by atoms with Crippen molar-refractivity contribution in [1.82, 2.24) is 10.2 Å². The SMILES string of the molecule is CCN(C)C(=O)C(C)NCc1ccc(Br)c(Br)c1. The van der Waals surface area contributed by atoms with Crippen LogP contribution >= 0.6 is 31.9 Å². The Balaban J connectivity index is 2.54. The van der Waals surface area contributed by atoms with Crippen molar-refractivity contribution in [2.75, 3.05) is 13.6 Å². The van der Waals surface area contributed by atoms with Crippen LogP contribution in [0.25, 0.3) is 0 Å². The van der Waals surface area contributed by atoms with Gasteiger partial charge in [-0.15, -0.1) is 0 Å². The van der Waals surface area contributed by atoms with Crippen LogP contribution in [0.5, 0.6) is 0 Å². The molecule has 0 aromatic heterocycles. The van der Waals surface area contributed by atoms with Gasteiger partial charge in [0.05, 0.1) is 6.04 Å². The summed E-state index contributed by atoms with van der Waals surface area (Å²) in [4.78, 5) is 13.6. The number of amides is 1.